The Labute approximate surface area is 184 Å². The average molecular weight is 431 g/mol. The van der Waals surface area contributed by atoms with Gasteiger partial charge in [0, 0.05) is 33.6 Å². The largest absolute Gasteiger partial charge is 0.467 e. The standard InChI is InChI=1S/C25H22N2O3S/c28-24(26-19-11-12-19)18-9-7-17(8-10-18)14-27(15-20-4-3-13-30-20)25(29)22-16-31-23-6-2-1-5-21(22)23/h1-10,13,16,19H,11-12,14-15H2,(H,26,28). The summed E-state index contributed by atoms with van der Waals surface area (Å²) in [5.74, 6) is 0.653. The quantitative estimate of drug-likeness (QED) is 0.437. The first-order valence-corrected chi connectivity index (χ1v) is 11.2. The topological polar surface area (TPSA) is 62.6 Å². The molecule has 0 atom stereocenters. The molecule has 0 unspecified atom stereocenters. The van der Waals surface area contributed by atoms with Crippen LogP contribution >= 0.6 is 11.3 Å². The van der Waals surface area contributed by atoms with Gasteiger partial charge in [0.05, 0.1) is 18.4 Å². The molecule has 6 heteroatoms. The van der Waals surface area contributed by atoms with E-state index in [1.165, 1.54) is 0 Å². The van der Waals surface area contributed by atoms with E-state index in [1.54, 1.807) is 22.5 Å². The van der Waals surface area contributed by atoms with Crippen molar-refractivity contribution in [3.05, 3.63) is 94.8 Å². The zero-order valence-electron chi connectivity index (χ0n) is 16.9. The molecule has 2 aromatic heterocycles. The second-order valence-corrected chi connectivity index (χ2v) is 8.74. The molecular formula is C25H22N2O3S. The molecule has 0 radical (unpaired) electrons. The number of nitrogens with one attached hydrogen (secondary N) is 1. The molecule has 1 saturated carbocycles. The molecule has 0 bridgehead atoms. The predicted octanol–water partition coefficient (Wildman–Crippen LogP) is 5.23. The van der Waals surface area contributed by atoms with Crippen molar-refractivity contribution in [1.29, 1.82) is 0 Å². The highest BCUT2D eigenvalue weighted by Crippen LogP contribution is 2.28. The van der Waals surface area contributed by atoms with Gasteiger partial charge in [-0.15, -0.1) is 11.3 Å². The van der Waals surface area contributed by atoms with Gasteiger partial charge >= 0.3 is 0 Å². The second-order valence-electron chi connectivity index (χ2n) is 7.83. The Kier molecular flexibility index (Phi) is 5.30. The van der Waals surface area contributed by atoms with Crippen LogP contribution < -0.4 is 5.32 Å². The summed E-state index contributed by atoms with van der Waals surface area (Å²) in [6, 6.07) is 19.4. The van der Waals surface area contributed by atoms with Crippen molar-refractivity contribution in [3.63, 3.8) is 0 Å². The molecule has 0 spiro atoms. The molecule has 5 nitrogen and oxygen atoms in total. The number of furan rings is 1. The first kappa shape index (κ1) is 19.6. The number of benzene rings is 2. The molecule has 0 aliphatic heterocycles. The lowest BCUT2D eigenvalue weighted by molar-refractivity contribution is 0.0720. The van der Waals surface area contributed by atoms with Crippen LogP contribution in [0.25, 0.3) is 10.1 Å². The van der Waals surface area contributed by atoms with Gasteiger partial charge in [-0.05, 0) is 48.7 Å². The lowest BCUT2D eigenvalue weighted by Gasteiger charge is -2.22. The number of amides is 2. The third-order valence-electron chi connectivity index (χ3n) is 5.43. The van der Waals surface area contributed by atoms with Crippen LogP contribution in [0.5, 0.6) is 0 Å². The van der Waals surface area contributed by atoms with Crippen LogP contribution in [0.15, 0.2) is 76.7 Å². The van der Waals surface area contributed by atoms with Gasteiger partial charge in [0.25, 0.3) is 11.8 Å². The number of thiophene rings is 1. The molecule has 0 saturated heterocycles. The van der Waals surface area contributed by atoms with Crippen LogP contribution in [0.1, 0.15) is 44.9 Å². The maximum Gasteiger partial charge on any atom is 0.256 e. The van der Waals surface area contributed by atoms with Crippen LogP contribution in [0.4, 0.5) is 0 Å². The van der Waals surface area contributed by atoms with Crippen LogP contribution in [-0.2, 0) is 13.1 Å². The van der Waals surface area contributed by atoms with Gasteiger partial charge in [-0.2, -0.15) is 0 Å². The predicted molar refractivity (Wildman–Crippen MR) is 121 cm³/mol. The molecule has 2 aromatic carbocycles. The van der Waals surface area contributed by atoms with Gasteiger partial charge in [-0.3, -0.25) is 9.59 Å². The van der Waals surface area contributed by atoms with Gasteiger partial charge in [0.1, 0.15) is 5.76 Å². The Morgan fingerprint density at radius 1 is 1.00 bits per heavy atom. The number of rotatable bonds is 7. The Morgan fingerprint density at radius 3 is 2.55 bits per heavy atom. The minimum absolute atomic E-state index is 0.0376. The second kappa shape index (κ2) is 8.40. The maximum atomic E-state index is 13.5. The monoisotopic (exact) mass is 430 g/mol. The van der Waals surface area contributed by atoms with E-state index >= 15 is 0 Å². The van der Waals surface area contributed by atoms with Crippen molar-refractivity contribution in [3.8, 4) is 0 Å². The molecule has 2 heterocycles. The van der Waals surface area contributed by atoms with Crippen LogP contribution in [0, 0.1) is 0 Å². The SMILES string of the molecule is O=C(NC1CC1)c1ccc(CN(Cc2ccco2)C(=O)c2csc3ccccc23)cc1. The highest BCUT2D eigenvalue weighted by Gasteiger charge is 2.24. The number of hydrogen-bond acceptors (Lipinski definition) is 4. The molecule has 5 rings (SSSR count). The number of carbonyl (C=O) groups is 2. The summed E-state index contributed by atoms with van der Waals surface area (Å²) < 4.78 is 6.60. The maximum absolute atomic E-state index is 13.5. The van der Waals surface area contributed by atoms with E-state index in [0.29, 0.717) is 30.3 Å². The third kappa shape index (κ3) is 4.39. The van der Waals surface area contributed by atoms with Gasteiger partial charge in [0.15, 0.2) is 0 Å². The molecular weight excluding hydrogens is 408 g/mol. The first-order valence-electron chi connectivity index (χ1n) is 10.3. The summed E-state index contributed by atoms with van der Waals surface area (Å²) in [5.41, 5.74) is 2.30. The fraction of sp³-hybridized carbons (Fsp3) is 0.200. The van der Waals surface area contributed by atoms with E-state index in [9.17, 15) is 9.59 Å². The molecule has 31 heavy (non-hydrogen) atoms. The molecule has 1 fully saturated rings. The fourth-order valence-electron chi connectivity index (χ4n) is 3.58. The summed E-state index contributed by atoms with van der Waals surface area (Å²) in [6.45, 7) is 0.800. The normalized spacial score (nSPS) is 13.3. The van der Waals surface area contributed by atoms with Crippen LogP contribution in [0.2, 0.25) is 0 Å². The molecule has 1 aliphatic carbocycles. The summed E-state index contributed by atoms with van der Waals surface area (Å²) >= 11 is 1.57. The zero-order chi connectivity index (χ0) is 21.2. The van der Waals surface area contributed by atoms with E-state index in [1.807, 2.05) is 66.0 Å². The zero-order valence-corrected chi connectivity index (χ0v) is 17.7. The van der Waals surface area contributed by atoms with Gasteiger partial charge < -0.3 is 14.6 Å². The number of hydrogen-bond donors (Lipinski definition) is 1. The Balaban J connectivity index is 1.38. The van der Waals surface area contributed by atoms with Gasteiger partial charge in [0.2, 0.25) is 0 Å². The highest BCUT2D eigenvalue weighted by atomic mass is 32.1. The van der Waals surface area contributed by atoms with Crippen molar-refractivity contribution in [2.75, 3.05) is 0 Å². The van der Waals surface area contributed by atoms with Crippen molar-refractivity contribution >= 4 is 33.2 Å². The van der Waals surface area contributed by atoms with E-state index in [0.717, 1.165) is 34.3 Å². The van der Waals surface area contributed by atoms with Crippen LogP contribution in [0.3, 0.4) is 0 Å². The smallest absolute Gasteiger partial charge is 0.256 e. The van der Waals surface area contributed by atoms with Crippen molar-refractivity contribution in [2.24, 2.45) is 0 Å². The highest BCUT2D eigenvalue weighted by molar-refractivity contribution is 7.17. The molecule has 4 aromatic rings. The fourth-order valence-corrected chi connectivity index (χ4v) is 4.52. The van der Waals surface area contributed by atoms with E-state index in [2.05, 4.69) is 5.32 Å². The summed E-state index contributed by atoms with van der Waals surface area (Å²) in [6.07, 6.45) is 3.74. The number of fused-ring (bicyclic) bond motifs is 1. The molecule has 1 aliphatic rings. The van der Waals surface area contributed by atoms with E-state index in [-0.39, 0.29) is 11.8 Å². The van der Waals surface area contributed by atoms with Crippen molar-refractivity contribution in [1.82, 2.24) is 10.2 Å². The van der Waals surface area contributed by atoms with E-state index < -0.39 is 0 Å². The lowest BCUT2D eigenvalue weighted by Crippen LogP contribution is -2.30. The minimum Gasteiger partial charge on any atom is -0.467 e. The van der Waals surface area contributed by atoms with E-state index in [4.69, 9.17) is 4.42 Å². The molecule has 1 N–H and O–H groups in total. The number of carbonyl (C=O) groups excluding carboxylic acids is 2. The minimum atomic E-state index is -0.0395. The first-order chi connectivity index (χ1) is 15.2. The summed E-state index contributed by atoms with van der Waals surface area (Å²) in [5, 5.41) is 5.89. The Morgan fingerprint density at radius 2 is 1.81 bits per heavy atom. The molecule has 2 amide bonds. The number of nitrogens with zero attached hydrogens (tertiary/aromatic N) is 1. The Bertz CT molecular complexity index is 1210. The van der Waals surface area contributed by atoms with Gasteiger partial charge in [-0.1, -0.05) is 30.3 Å². The van der Waals surface area contributed by atoms with Gasteiger partial charge in [-0.25, -0.2) is 0 Å². The lowest BCUT2D eigenvalue weighted by atomic mass is 10.1. The average Bonchev–Trinajstić information content (AvgIpc) is 3.27. The Hall–Kier alpha value is -3.38. The molecule has 156 valence electrons. The van der Waals surface area contributed by atoms with Crippen molar-refractivity contribution in [2.45, 2.75) is 32.0 Å². The van der Waals surface area contributed by atoms with Crippen molar-refractivity contribution < 1.29 is 14.0 Å². The van der Waals surface area contributed by atoms with Crippen LogP contribution in [-0.4, -0.2) is 22.8 Å². The summed E-state index contributed by atoms with van der Waals surface area (Å²) in [4.78, 5) is 27.5. The summed E-state index contributed by atoms with van der Waals surface area (Å²) in [7, 11) is 0. The third-order valence-corrected chi connectivity index (χ3v) is 6.39.